The van der Waals surface area contributed by atoms with Crippen molar-refractivity contribution in [3.63, 3.8) is 0 Å². The maximum atomic E-state index is 12.1. The molecule has 0 aliphatic heterocycles. The van der Waals surface area contributed by atoms with E-state index in [4.69, 9.17) is 10.5 Å². The lowest BCUT2D eigenvalue weighted by Gasteiger charge is -2.21. The molecule has 2 N–H and O–H groups in total. The largest absolute Gasteiger partial charge is 0.484 e. The number of ether oxygens (including phenoxy) is 2. The van der Waals surface area contributed by atoms with E-state index < -0.39 is 36.4 Å². The van der Waals surface area contributed by atoms with Gasteiger partial charge in [-0.15, -0.1) is 12.4 Å². The summed E-state index contributed by atoms with van der Waals surface area (Å²) >= 11 is 0. The molecule has 0 radical (unpaired) electrons. The summed E-state index contributed by atoms with van der Waals surface area (Å²) in [5.74, 6) is 0.812. The minimum atomic E-state index is -4.35. The quantitative estimate of drug-likeness (QED) is 0.333. The van der Waals surface area contributed by atoms with Crippen LogP contribution in [0.5, 0.6) is 11.5 Å². The Hall–Kier alpha value is -1.98. The number of hydrogen-bond donors (Lipinski definition) is 1. The molecule has 0 saturated carbocycles. The van der Waals surface area contributed by atoms with Gasteiger partial charge in [-0.05, 0) is 69.0 Å². The van der Waals surface area contributed by atoms with Crippen molar-refractivity contribution in [2.75, 3.05) is 19.0 Å². The van der Waals surface area contributed by atoms with Crippen molar-refractivity contribution in [3.05, 3.63) is 59.7 Å². The summed E-state index contributed by atoms with van der Waals surface area (Å²) < 4.78 is 93.1. The van der Waals surface area contributed by atoms with E-state index in [1.807, 2.05) is 33.8 Å². The zero-order valence-corrected chi connectivity index (χ0v) is 22.9. The SMILES string of the molecule is C[C@H](C[S@](=O)C(C)(C)C)c1cccc(OCC(F)(F)F)c1.C[C@H](N)c1cccc(OCC(F)(F)F)c1.Cl. The third-order valence-electron chi connectivity index (χ3n) is 4.70. The van der Waals surface area contributed by atoms with E-state index in [0.29, 0.717) is 5.75 Å². The molecule has 0 fully saturated rings. The van der Waals surface area contributed by atoms with Crippen LogP contribution >= 0.6 is 12.4 Å². The first-order valence-corrected chi connectivity index (χ1v) is 12.4. The van der Waals surface area contributed by atoms with Crippen LogP contribution in [0.3, 0.4) is 0 Å². The first kappa shape index (κ1) is 35.0. The van der Waals surface area contributed by atoms with Gasteiger partial charge in [-0.25, -0.2) is 0 Å². The summed E-state index contributed by atoms with van der Waals surface area (Å²) in [7, 11) is -1.01. The molecule has 2 aromatic carbocycles. The third kappa shape index (κ3) is 15.1. The van der Waals surface area contributed by atoms with Gasteiger partial charge in [0.2, 0.25) is 0 Å². The molecule has 0 heterocycles. The molecule has 0 aromatic heterocycles. The molecule has 0 unspecified atom stereocenters. The van der Waals surface area contributed by atoms with Crippen molar-refractivity contribution in [2.45, 2.75) is 63.7 Å². The van der Waals surface area contributed by atoms with Crippen LogP contribution in [-0.4, -0.2) is 40.3 Å². The number of hydrogen-bond acceptors (Lipinski definition) is 4. The van der Waals surface area contributed by atoms with Gasteiger partial charge in [0.15, 0.2) is 13.2 Å². The van der Waals surface area contributed by atoms with Gasteiger partial charge in [-0.3, -0.25) is 4.21 Å². The lowest BCUT2D eigenvalue weighted by molar-refractivity contribution is -0.154. The molecule has 2 aromatic rings. The van der Waals surface area contributed by atoms with Crippen LogP contribution in [0.2, 0.25) is 0 Å². The van der Waals surface area contributed by atoms with Gasteiger partial charge < -0.3 is 15.2 Å². The average molecular weight is 578 g/mol. The highest BCUT2D eigenvalue weighted by molar-refractivity contribution is 7.86. The lowest BCUT2D eigenvalue weighted by Crippen LogP contribution is -2.26. The summed E-state index contributed by atoms with van der Waals surface area (Å²) in [6.45, 7) is 6.78. The van der Waals surface area contributed by atoms with Gasteiger partial charge in [-0.1, -0.05) is 31.2 Å². The fraction of sp³-hybridized carbons (Fsp3) is 0.520. The van der Waals surface area contributed by atoms with E-state index in [9.17, 15) is 30.6 Å². The van der Waals surface area contributed by atoms with Crippen LogP contribution < -0.4 is 15.2 Å². The maximum absolute atomic E-state index is 12.1. The Morgan fingerprint density at radius 2 is 1.22 bits per heavy atom. The van der Waals surface area contributed by atoms with Crippen molar-refractivity contribution < 1.29 is 40.0 Å². The standard InChI is InChI=1S/C15H21F3O2S.C10H12F3NO.ClH/c1-11(9-21(19)14(2,3)4)12-6-5-7-13(8-12)20-10-15(16,17)18;1-7(14)8-3-2-4-9(5-8)15-6-10(11,12)13;/h5-8,11H,9-10H2,1-4H3;2-5,7H,6,14H2,1H3;1H/t11-,21+;7-;/m10./s1. The second kappa shape index (κ2) is 14.8. The Morgan fingerprint density at radius 3 is 1.59 bits per heavy atom. The van der Waals surface area contributed by atoms with E-state index in [2.05, 4.69) is 4.74 Å². The minimum absolute atomic E-state index is 0. The first-order chi connectivity index (χ1) is 16.4. The van der Waals surface area contributed by atoms with E-state index in [-0.39, 0.29) is 40.6 Å². The molecule has 2 rings (SSSR count). The number of halogens is 7. The first-order valence-electron chi connectivity index (χ1n) is 11.1. The minimum Gasteiger partial charge on any atom is -0.484 e. The van der Waals surface area contributed by atoms with Gasteiger partial charge in [-0.2, -0.15) is 26.3 Å². The Labute approximate surface area is 222 Å². The zero-order valence-electron chi connectivity index (χ0n) is 21.3. The van der Waals surface area contributed by atoms with Crippen molar-refractivity contribution in [2.24, 2.45) is 5.73 Å². The third-order valence-corrected chi connectivity index (χ3v) is 6.87. The highest BCUT2D eigenvalue weighted by Gasteiger charge is 2.29. The van der Waals surface area contributed by atoms with Crippen molar-refractivity contribution in [1.29, 1.82) is 0 Å². The van der Waals surface area contributed by atoms with Gasteiger partial charge in [0.25, 0.3) is 0 Å². The molecule has 3 atom stereocenters. The van der Waals surface area contributed by atoms with Crippen molar-refractivity contribution in [1.82, 2.24) is 0 Å². The Kier molecular flexibility index (Phi) is 14.0. The molecule has 0 saturated heterocycles. The topological polar surface area (TPSA) is 61.5 Å². The van der Waals surface area contributed by atoms with E-state index in [0.717, 1.165) is 11.1 Å². The number of benzene rings is 2. The predicted octanol–water partition coefficient (Wildman–Crippen LogP) is 7.35. The highest BCUT2D eigenvalue weighted by atomic mass is 35.5. The normalized spacial score (nSPS) is 14.4. The molecular weight excluding hydrogens is 544 g/mol. The molecule has 0 aliphatic rings. The van der Waals surface area contributed by atoms with Crippen LogP contribution in [0, 0.1) is 0 Å². The van der Waals surface area contributed by atoms with Crippen LogP contribution in [0.15, 0.2) is 48.5 Å². The molecule has 212 valence electrons. The number of nitrogens with two attached hydrogens (primary N) is 1. The average Bonchev–Trinajstić information content (AvgIpc) is 2.75. The van der Waals surface area contributed by atoms with Crippen molar-refractivity contribution in [3.8, 4) is 11.5 Å². The summed E-state index contributed by atoms with van der Waals surface area (Å²) in [6, 6.07) is 12.6. The van der Waals surface area contributed by atoms with E-state index in [1.54, 1.807) is 31.2 Å². The fourth-order valence-electron chi connectivity index (χ4n) is 2.70. The lowest BCUT2D eigenvalue weighted by atomic mass is 10.0. The molecule has 0 aliphatic carbocycles. The summed E-state index contributed by atoms with van der Waals surface area (Å²) in [5, 5.41) is 0. The van der Waals surface area contributed by atoms with Crippen LogP contribution in [-0.2, 0) is 10.8 Å². The number of alkyl halides is 6. The second-order valence-electron chi connectivity index (χ2n) is 9.27. The van der Waals surface area contributed by atoms with Gasteiger partial charge in [0, 0.05) is 27.3 Å². The van der Waals surface area contributed by atoms with E-state index in [1.165, 1.54) is 18.2 Å². The smallest absolute Gasteiger partial charge is 0.422 e. The second-order valence-corrected chi connectivity index (χ2v) is 11.5. The van der Waals surface area contributed by atoms with Crippen LogP contribution in [0.1, 0.15) is 57.7 Å². The van der Waals surface area contributed by atoms with E-state index >= 15 is 0 Å². The molecule has 4 nitrogen and oxygen atoms in total. The molecule has 12 heteroatoms. The number of rotatable bonds is 8. The molecule has 37 heavy (non-hydrogen) atoms. The van der Waals surface area contributed by atoms with Crippen LogP contribution in [0.25, 0.3) is 0 Å². The van der Waals surface area contributed by atoms with Gasteiger partial charge in [0.1, 0.15) is 11.5 Å². The zero-order chi connectivity index (χ0) is 27.7. The van der Waals surface area contributed by atoms with Gasteiger partial charge in [0.05, 0.1) is 0 Å². The summed E-state index contributed by atoms with van der Waals surface area (Å²) in [4.78, 5) is 0. The Bertz CT molecular complexity index is 978. The summed E-state index contributed by atoms with van der Waals surface area (Å²) in [6.07, 6.45) is -8.67. The molecule has 0 bridgehead atoms. The summed E-state index contributed by atoms with van der Waals surface area (Å²) in [5.41, 5.74) is 7.16. The molecule has 0 amide bonds. The highest BCUT2D eigenvalue weighted by Crippen LogP contribution is 2.26. The van der Waals surface area contributed by atoms with Crippen molar-refractivity contribution >= 4 is 23.2 Å². The predicted molar refractivity (Wildman–Crippen MR) is 137 cm³/mol. The Balaban J connectivity index is 0.000000718. The molecular formula is C25H34ClF6NO3S. The van der Waals surface area contributed by atoms with Gasteiger partial charge >= 0.3 is 12.4 Å². The van der Waals surface area contributed by atoms with Crippen LogP contribution in [0.4, 0.5) is 26.3 Å². The monoisotopic (exact) mass is 577 g/mol. The maximum Gasteiger partial charge on any atom is 0.422 e. The Morgan fingerprint density at radius 1 is 0.811 bits per heavy atom. The fourth-order valence-corrected chi connectivity index (χ4v) is 3.85. The molecule has 0 spiro atoms.